The maximum Gasteiger partial charge on any atom is 0.163 e. The first-order chi connectivity index (χ1) is 11.5. The molecule has 0 saturated heterocycles. The first-order valence-electron chi connectivity index (χ1n) is 7.84. The van der Waals surface area contributed by atoms with Gasteiger partial charge in [0.2, 0.25) is 0 Å². The van der Waals surface area contributed by atoms with Crippen molar-refractivity contribution in [2.45, 2.75) is 25.7 Å². The van der Waals surface area contributed by atoms with Gasteiger partial charge in [-0.2, -0.15) is 0 Å². The van der Waals surface area contributed by atoms with Crippen LogP contribution in [-0.2, 0) is 4.79 Å². The molecular weight excluding hydrogens is 304 g/mol. The van der Waals surface area contributed by atoms with Crippen LogP contribution in [0.15, 0.2) is 48.5 Å². The lowest BCUT2D eigenvalue weighted by atomic mass is 9.87. The molecule has 0 saturated carbocycles. The average molecular weight is 326 g/mol. The molecular formula is C20H22O4. The number of ketones is 2. The maximum absolute atomic E-state index is 12.6. The van der Waals surface area contributed by atoms with Crippen molar-refractivity contribution < 1.29 is 19.1 Å². The zero-order valence-corrected chi connectivity index (χ0v) is 14.2. The Morgan fingerprint density at radius 3 is 2.25 bits per heavy atom. The molecule has 0 N–H and O–H groups in total. The molecule has 0 aromatic heterocycles. The van der Waals surface area contributed by atoms with Crippen molar-refractivity contribution >= 4 is 11.6 Å². The van der Waals surface area contributed by atoms with Crippen LogP contribution in [0.3, 0.4) is 0 Å². The van der Waals surface area contributed by atoms with Crippen molar-refractivity contribution in [2.24, 2.45) is 0 Å². The fourth-order valence-corrected chi connectivity index (χ4v) is 2.76. The van der Waals surface area contributed by atoms with Gasteiger partial charge in [0.25, 0.3) is 0 Å². The van der Waals surface area contributed by atoms with Crippen molar-refractivity contribution in [1.82, 2.24) is 0 Å². The minimum atomic E-state index is -0.226. The summed E-state index contributed by atoms with van der Waals surface area (Å²) in [6, 6.07) is 14.6. The van der Waals surface area contributed by atoms with Crippen molar-refractivity contribution in [2.75, 3.05) is 14.2 Å². The number of ether oxygens (including phenoxy) is 2. The van der Waals surface area contributed by atoms with Gasteiger partial charge in [-0.25, -0.2) is 0 Å². The maximum atomic E-state index is 12.6. The molecule has 24 heavy (non-hydrogen) atoms. The van der Waals surface area contributed by atoms with Crippen LogP contribution in [0.25, 0.3) is 0 Å². The van der Waals surface area contributed by atoms with E-state index in [1.54, 1.807) is 32.4 Å². The lowest BCUT2D eigenvalue weighted by Gasteiger charge is -2.19. The largest absolute Gasteiger partial charge is 0.497 e. The van der Waals surface area contributed by atoms with Gasteiger partial charge in [-0.15, -0.1) is 0 Å². The van der Waals surface area contributed by atoms with E-state index >= 15 is 0 Å². The molecule has 0 aliphatic heterocycles. The molecule has 0 aliphatic carbocycles. The number of methoxy groups -OCH3 is 2. The zero-order valence-electron chi connectivity index (χ0n) is 14.2. The second-order valence-electron chi connectivity index (χ2n) is 5.70. The summed E-state index contributed by atoms with van der Waals surface area (Å²) in [7, 11) is 3.16. The van der Waals surface area contributed by atoms with Gasteiger partial charge in [-0.1, -0.05) is 36.4 Å². The van der Waals surface area contributed by atoms with E-state index in [2.05, 4.69) is 0 Å². The summed E-state index contributed by atoms with van der Waals surface area (Å²) in [5.74, 6) is 1.13. The number of benzene rings is 2. The molecule has 1 atom stereocenters. The van der Waals surface area contributed by atoms with Gasteiger partial charge in [0, 0.05) is 30.4 Å². The third-order valence-electron chi connectivity index (χ3n) is 3.94. The molecule has 0 spiro atoms. The molecule has 2 aromatic carbocycles. The highest BCUT2D eigenvalue weighted by molar-refractivity contribution is 5.97. The zero-order chi connectivity index (χ0) is 17.5. The van der Waals surface area contributed by atoms with Crippen LogP contribution in [0, 0.1) is 0 Å². The Hall–Kier alpha value is -2.62. The van der Waals surface area contributed by atoms with Crippen LogP contribution in [0.1, 0.15) is 41.6 Å². The van der Waals surface area contributed by atoms with Crippen molar-refractivity contribution in [1.29, 1.82) is 0 Å². The average Bonchev–Trinajstić information content (AvgIpc) is 2.60. The number of Topliss-reactive ketones (excluding diaryl/α,β-unsaturated/α-hetero) is 2. The van der Waals surface area contributed by atoms with Gasteiger partial charge in [-0.05, 0) is 18.6 Å². The summed E-state index contributed by atoms with van der Waals surface area (Å²) in [6.07, 6.45) is 0.549. The Balaban J connectivity index is 2.31. The highest BCUT2D eigenvalue weighted by Gasteiger charge is 2.22. The fourth-order valence-electron chi connectivity index (χ4n) is 2.76. The highest BCUT2D eigenvalue weighted by atomic mass is 16.5. The molecule has 0 fully saturated rings. The van der Waals surface area contributed by atoms with E-state index in [4.69, 9.17) is 9.47 Å². The van der Waals surface area contributed by atoms with E-state index < -0.39 is 0 Å². The van der Waals surface area contributed by atoms with Gasteiger partial charge in [0.05, 0.1) is 14.2 Å². The third kappa shape index (κ3) is 4.44. The van der Waals surface area contributed by atoms with Crippen molar-refractivity contribution in [3.05, 3.63) is 59.7 Å². The molecule has 0 aliphatic rings. The van der Waals surface area contributed by atoms with E-state index in [1.165, 1.54) is 6.92 Å². The van der Waals surface area contributed by atoms with E-state index in [0.717, 1.165) is 5.56 Å². The molecule has 2 aromatic rings. The molecule has 4 nitrogen and oxygen atoms in total. The van der Waals surface area contributed by atoms with E-state index in [1.807, 2.05) is 30.3 Å². The van der Waals surface area contributed by atoms with Crippen molar-refractivity contribution in [3.8, 4) is 11.5 Å². The van der Waals surface area contributed by atoms with Crippen molar-refractivity contribution in [3.63, 3.8) is 0 Å². The predicted molar refractivity (Wildman–Crippen MR) is 93.0 cm³/mol. The predicted octanol–water partition coefficient (Wildman–Crippen LogP) is 4.04. The summed E-state index contributed by atoms with van der Waals surface area (Å²) >= 11 is 0. The summed E-state index contributed by atoms with van der Waals surface area (Å²) < 4.78 is 10.6. The van der Waals surface area contributed by atoms with Crippen LogP contribution >= 0.6 is 0 Å². The van der Waals surface area contributed by atoms with Gasteiger partial charge in [0.15, 0.2) is 5.78 Å². The monoisotopic (exact) mass is 326 g/mol. The highest BCUT2D eigenvalue weighted by Crippen LogP contribution is 2.35. The molecule has 0 unspecified atom stereocenters. The minimum absolute atomic E-state index is 0.0136. The van der Waals surface area contributed by atoms with E-state index in [-0.39, 0.29) is 23.9 Å². The quantitative estimate of drug-likeness (QED) is 0.687. The van der Waals surface area contributed by atoms with E-state index in [9.17, 15) is 9.59 Å². The molecule has 0 heterocycles. The Labute approximate surface area is 142 Å². The summed E-state index contributed by atoms with van der Waals surface area (Å²) in [6.45, 7) is 1.54. The molecule has 126 valence electrons. The Kier molecular flexibility index (Phi) is 6.13. The minimum Gasteiger partial charge on any atom is -0.497 e. The number of rotatable bonds is 8. The lowest BCUT2D eigenvalue weighted by molar-refractivity contribution is -0.117. The smallest absolute Gasteiger partial charge is 0.163 e. The van der Waals surface area contributed by atoms with Gasteiger partial charge < -0.3 is 14.3 Å². The van der Waals surface area contributed by atoms with E-state index in [0.29, 0.717) is 23.5 Å². The topological polar surface area (TPSA) is 52.6 Å². The van der Waals surface area contributed by atoms with Gasteiger partial charge in [0.1, 0.15) is 17.3 Å². The van der Waals surface area contributed by atoms with Crippen LogP contribution in [0.4, 0.5) is 0 Å². The second-order valence-corrected chi connectivity index (χ2v) is 5.70. The summed E-state index contributed by atoms with van der Waals surface area (Å²) in [5.41, 5.74) is 1.50. The standard InChI is InChI=1S/C20H22O4/c1-14(21)11-16(12-19(22)15-7-5-4-6-8-15)18-10-9-17(23-2)13-20(18)24-3/h4-10,13,16H,11-12H2,1-3H3/t16-/m0/s1. The molecule has 0 radical (unpaired) electrons. The number of hydrogen-bond acceptors (Lipinski definition) is 4. The molecule has 2 rings (SSSR count). The van der Waals surface area contributed by atoms with Crippen LogP contribution in [0.2, 0.25) is 0 Å². The number of carbonyl (C=O) groups excluding carboxylic acids is 2. The lowest BCUT2D eigenvalue weighted by Crippen LogP contribution is -2.12. The Morgan fingerprint density at radius 1 is 0.958 bits per heavy atom. The molecule has 0 amide bonds. The normalized spacial score (nSPS) is 11.6. The van der Waals surface area contributed by atoms with Crippen LogP contribution < -0.4 is 9.47 Å². The van der Waals surface area contributed by atoms with Gasteiger partial charge in [-0.3, -0.25) is 4.79 Å². The Bertz CT molecular complexity index is 707. The Morgan fingerprint density at radius 2 is 1.67 bits per heavy atom. The number of hydrogen-bond donors (Lipinski definition) is 0. The van der Waals surface area contributed by atoms with Crippen LogP contribution in [-0.4, -0.2) is 25.8 Å². The molecule has 0 bridgehead atoms. The SMILES string of the molecule is COc1ccc([C@@H](CC(C)=O)CC(=O)c2ccccc2)c(OC)c1. The second kappa shape index (κ2) is 8.29. The third-order valence-corrected chi connectivity index (χ3v) is 3.94. The summed E-state index contributed by atoms with van der Waals surface area (Å²) in [4.78, 5) is 24.2. The first-order valence-corrected chi connectivity index (χ1v) is 7.84. The summed E-state index contributed by atoms with van der Waals surface area (Å²) in [5, 5.41) is 0. The first kappa shape index (κ1) is 17.7. The molecule has 4 heteroatoms. The van der Waals surface area contributed by atoms with Gasteiger partial charge >= 0.3 is 0 Å². The van der Waals surface area contributed by atoms with Crippen LogP contribution in [0.5, 0.6) is 11.5 Å². The number of carbonyl (C=O) groups is 2. The fraction of sp³-hybridized carbons (Fsp3) is 0.300.